The van der Waals surface area contributed by atoms with E-state index in [0.29, 0.717) is 24.2 Å². The van der Waals surface area contributed by atoms with Gasteiger partial charge in [-0.2, -0.15) is 0 Å². The van der Waals surface area contributed by atoms with Gasteiger partial charge in [0.2, 0.25) is 0 Å². The number of aliphatic hydroxyl groups excluding tert-OH is 1. The molecule has 0 amide bonds. The van der Waals surface area contributed by atoms with Crippen LogP contribution in [0.4, 0.5) is 0 Å². The predicted octanol–water partition coefficient (Wildman–Crippen LogP) is 1.62. The molecule has 4 heteroatoms. The number of hydrogen-bond acceptors (Lipinski definition) is 4. The minimum Gasteiger partial charge on any atom is -0.394 e. The first-order valence-electron chi connectivity index (χ1n) is 7.53. The zero-order valence-corrected chi connectivity index (χ0v) is 13.4. The molecule has 1 saturated heterocycles. The molecule has 0 radical (unpaired) electrons. The molecule has 2 N–H and O–H groups in total. The summed E-state index contributed by atoms with van der Waals surface area (Å²) in [6.07, 6.45) is 1.25. The van der Waals surface area contributed by atoms with Crippen molar-refractivity contribution in [2.75, 3.05) is 19.8 Å². The van der Waals surface area contributed by atoms with Crippen molar-refractivity contribution in [3.63, 3.8) is 0 Å². The number of rotatable bonds is 6. The third kappa shape index (κ3) is 5.03. The van der Waals surface area contributed by atoms with Gasteiger partial charge in [0.25, 0.3) is 0 Å². The van der Waals surface area contributed by atoms with Gasteiger partial charge in [0.1, 0.15) is 0 Å². The molecule has 0 saturated carbocycles. The maximum Gasteiger partial charge on any atom is 0.0674 e. The fourth-order valence-electron chi connectivity index (χ4n) is 3.18. The molecule has 0 bridgehead atoms. The largest absolute Gasteiger partial charge is 0.394 e. The van der Waals surface area contributed by atoms with Crippen molar-refractivity contribution >= 4 is 0 Å². The second kappa shape index (κ2) is 7.02. The Morgan fingerprint density at radius 3 is 2.53 bits per heavy atom. The molecular formula is C15H32N2O2. The molecule has 19 heavy (non-hydrogen) atoms. The summed E-state index contributed by atoms with van der Waals surface area (Å²) in [4.78, 5) is 2.50. The molecule has 114 valence electrons. The van der Waals surface area contributed by atoms with Gasteiger partial charge in [-0.3, -0.25) is 4.90 Å². The van der Waals surface area contributed by atoms with Crippen LogP contribution in [0.2, 0.25) is 0 Å². The highest BCUT2D eigenvalue weighted by atomic mass is 16.5. The van der Waals surface area contributed by atoms with E-state index in [1.807, 2.05) is 0 Å². The molecule has 1 aliphatic heterocycles. The van der Waals surface area contributed by atoms with Crippen LogP contribution in [-0.2, 0) is 4.74 Å². The molecular weight excluding hydrogens is 240 g/mol. The van der Waals surface area contributed by atoms with Crippen molar-refractivity contribution in [1.82, 2.24) is 10.2 Å². The summed E-state index contributed by atoms with van der Waals surface area (Å²) in [7, 11) is 0. The predicted molar refractivity (Wildman–Crippen MR) is 79.4 cm³/mol. The highest BCUT2D eigenvalue weighted by Gasteiger charge is 2.33. The Morgan fingerprint density at radius 2 is 2.00 bits per heavy atom. The minimum atomic E-state index is -0.213. The molecule has 0 aromatic rings. The van der Waals surface area contributed by atoms with Gasteiger partial charge in [0, 0.05) is 30.2 Å². The third-order valence-electron chi connectivity index (χ3n) is 3.95. The second-order valence-electron chi connectivity index (χ2n) is 6.76. The van der Waals surface area contributed by atoms with Crippen LogP contribution in [0.5, 0.6) is 0 Å². The minimum absolute atomic E-state index is 0.170. The Kier molecular flexibility index (Phi) is 6.24. The first-order chi connectivity index (χ1) is 8.77. The number of ether oxygens (including phenoxy) is 1. The van der Waals surface area contributed by atoms with Crippen LogP contribution < -0.4 is 5.32 Å². The van der Waals surface area contributed by atoms with Gasteiger partial charge in [0.15, 0.2) is 0 Å². The highest BCUT2D eigenvalue weighted by Crippen LogP contribution is 2.22. The SMILES string of the molecule is CC(C)NC(C)(CO)CC(C)N1CC(C)OCC1C. The Labute approximate surface area is 118 Å². The summed E-state index contributed by atoms with van der Waals surface area (Å²) >= 11 is 0. The van der Waals surface area contributed by atoms with Gasteiger partial charge < -0.3 is 15.2 Å². The summed E-state index contributed by atoms with van der Waals surface area (Å²) in [6, 6.07) is 1.27. The van der Waals surface area contributed by atoms with Gasteiger partial charge >= 0.3 is 0 Å². The second-order valence-corrected chi connectivity index (χ2v) is 6.76. The van der Waals surface area contributed by atoms with Crippen LogP contribution in [0, 0.1) is 0 Å². The van der Waals surface area contributed by atoms with Crippen LogP contribution in [0.15, 0.2) is 0 Å². The van der Waals surface area contributed by atoms with E-state index < -0.39 is 0 Å². The molecule has 0 aromatic carbocycles. The normalized spacial score (nSPS) is 30.3. The van der Waals surface area contributed by atoms with E-state index in [-0.39, 0.29) is 12.1 Å². The van der Waals surface area contributed by atoms with Gasteiger partial charge in [-0.1, -0.05) is 13.8 Å². The number of morpholine rings is 1. The summed E-state index contributed by atoms with van der Waals surface area (Å²) in [6.45, 7) is 14.9. The van der Waals surface area contributed by atoms with Crippen molar-refractivity contribution in [2.45, 2.75) is 77.7 Å². The molecule has 0 spiro atoms. The summed E-state index contributed by atoms with van der Waals surface area (Å²) in [5.41, 5.74) is -0.213. The first-order valence-corrected chi connectivity index (χ1v) is 7.53. The van der Waals surface area contributed by atoms with Gasteiger partial charge in [-0.15, -0.1) is 0 Å². The molecule has 4 unspecified atom stereocenters. The lowest BCUT2D eigenvalue weighted by molar-refractivity contribution is -0.0688. The lowest BCUT2D eigenvalue weighted by Gasteiger charge is -2.44. The molecule has 0 aliphatic carbocycles. The molecule has 4 nitrogen and oxygen atoms in total. The maximum atomic E-state index is 9.69. The Hall–Kier alpha value is -0.160. The molecule has 1 aliphatic rings. The Morgan fingerprint density at radius 1 is 1.37 bits per heavy atom. The standard InChI is InChI=1S/C15H32N2O2/c1-11(2)16-15(6,10-18)7-12(3)17-8-14(5)19-9-13(17)4/h11-14,16,18H,7-10H2,1-6H3. The topological polar surface area (TPSA) is 44.7 Å². The van der Waals surface area contributed by atoms with E-state index >= 15 is 0 Å². The summed E-state index contributed by atoms with van der Waals surface area (Å²) in [5, 5.41) is 13.2. The van der Waals surface area contributed by atoms with Gasteiger partial charge in [0.05, 0.1) is 19.3 Å². The van der Waals surface area contributed by atoms with Crippen LogP contribution in [0.1, 0.15) is 48.0 Å². The van der Waals surface area contributed by atoms with E-state index in [2.05, 4.69) is 51.8 Å². The van der Waals surface area contributed by atoms with E-state index in [4.69, 9.17) is 4.74 Å². The monoisotopic (exact) mass is 272 g/mol. The van der Waals surface area contributed by atoms with Crippen molar-refractivity contribution in [3.05, 3.63) is 0 Å². The smallest absolute Gasteiger partial charge is 0.0674 e. The molecule has 1 fully saturated rings. The van der Waals surface area contributed by atoms with Crippen molar-refractivity contribution < 1.29 is 9.84 Å². The number of nitrogens with one attached hydrogen (secondary N) is 1. The van der Waals surface area contributed by atoms with Crippen molar-refractivity contribution in [3.8, 4) is 0 Å². The maximum absolute atomic E-state index is 9.69. The van der Waals surface area contributed by atoms with Crippen LogP contribution >= 0.6 is 0 Å². The van der Waals surface area contributed by atoms with Gasteiger partial charge in [-0.25, -0.2) is 0 Å². The summed E-state index contributed by atoms with van der Waals surface area (Å²) in [5.74, 6) is 0. The number of nitrogens with zero attached hydrogens (tertiary/aromatic N) is 1. The van der Waals surface area contributed by atoms with Crippen LogP contribution in [0.3, 0.4) is 0 Å². The number of hydrogen-bond donors (Lipinski definition) is 2. The molecule has 1 rings (SSSR count). The van der Waals surface area contributed by atoms with Crippen LogP contribution in [-0.4, -0.2) is 59.5 Å². The van der Waals surface area contributed by atoms with Crippen LogP contribution in [0.25, 0.3) is 0 Å². The quantitative estimate of drug-likeness (QED) is 0.771. The fraction of sp³-hybridized carbons (Fsp3) is 1.00. The lowest BCUT2D eigenvalue weighted by Crippen LogP contribution is -2.57. The Bertz CT molecular complexity index is 273. The average Bonchev–Trinajstić information content (AvgIpc) is 2.31. The van der Waals surface area contributed by atoms with Crippen molar-refractivity contribution in [2.24, 2.45) is 0 Å². The molecule has 4 atom stereocenters. The van der Waals surface area contributed by atoms with Crippen molar-refractivity contribution in [1.29, 1.82) is 0 Å². The lowest BCUT2D eigenvalue weighted by atomic mass is 9.92. The average molecular weight is 272 g/mol. The molecule has 0 aromatic heterocycles. The fourth-order valence-corrected chi connectivity index (χ4v) is 3.18. The van der Waals surface area contributed by atoms with E-state index in [0.717, 1.165) is 19.6 Å². The number of aliphatic hydroxyl groups is 1. The van der Waals surface area contributed by atoms with E-state index in [1.54, 1.807) is 0 Å². The zero-order valence-electron chi connectivity index (χ0n) is 13.4. The van der Waals surface area contributed by atoms with E-state index in [9.17, 15) is 5.11 Å². The zero-order chi connectivity index (χ0) is 14.6. The Balaban J connectivity index is 2.62. The van der Waals surface area contributed by atoms with E-state index in [1.165, 1.54) is 0 Å². The third-order valence-corrected chi connectivity index (χ3v) is 3.95. The summed E-state index contributed by atoms with van der Waals surface area (Å²) < 4.78 is 5.68. The first kappa shape index (κ1) is 16.9. The highest BCUT2D eigenvalue weighted by molar-refractivity contribution is 4.90. The van der Waals surface area contributed by atoms with Gasteiger partial charge in [-0.05, 0) is 34.1 Å². The molecule has 1 heterocycles.